The normalized spacial score (nSPS) is 15.8. The minimum atomic E-state index is -3.59. The molecule has 0 spiro atoms. The molecule has 1 fully saturated rings. The molecule has 6 nitrogen and oxygen atoms in total. The van der Waals surface area contributed by atoms with Gasteiger partial charge in [-0.05, 0) is 70.8 Å². The van der Waals surface area contributed by atoms with Crippen molar-refractivity contribution >= 4 is 28.3 Å². The third-order valence-corrected chi connectivity index (χ3v) is 6.14. The van der Waals surface area contributed by atoms with Crippen LogP contribution in [-0.2, 0) is 10.0 Å². The van der Waals surface area contributed by atoms with E-state index in [9.17, 15) is 13.2 Å². The summed E-state index contributed by atoms with van der Waals surface area (Å²) in [5, 5.41) is 3.17. The van der Waals surface area contributed by atoms with Gasteiger partial charge in [0.1, 0.15) is 0 Å². The largest absolute Gasteiger partial charge is 0.339 e. The molecule has 1 aromatic carbocycles. The predicted molar refractivity (Wildman–Crippen MR) is 106 cm³/mol. The minimum Gasteiger partial charge on any atom is -0.339 e. The Hall–Kier alpha value is -1.15. The fourth-order valence-electron chi connectivity index (χ4n) is 3.13. The van der Waals surface area contributed by atoms with Gasteiger partial charge in [0.25, 0.3) is 5.91 Å². The number of rotatable bonds is 7. The van der Waals surface area contributed by atoms with Gasteiger partial charge >= 0.3 is 0 Å². The van der Waals surface area contributed by atoms with Crippen LogP contribution in [0.5, 0.6) is 0 Å². The molecule has 2 rings (SSSR count). The third kappa shape index (κ3) is 6.23. The number of carbonyl (C=O) groups is 1. The Labute approximate surface area is 163 Å². The van der Waals surface area contributed by atoms with Gasteiger partial charge in [-0.15, -0.1) is 12.4 Å². The molecule has 0 atom stereocenters. The molecule has 1 saturated heterocycles. The number of carbonyl (C=O) groups excluding carboxylic acids is 1. The number of amides is 1. The van der Waals surface area contributed by atoms with E-state index in [1.165, 1.54) is 12.1 Å². The molecule has 2 N–H and O–H groups in total. The minimum absolute atomic E-state index is 0. The Bertz CT molecular complexity index is 687. The number of hydrogen-bond acceptors (Lipinski definition) is 4. The van der Waals surface area contributed by atoms with Crippen LogP contribution in [-0.4, -0.2) is 51.9 Å². The van der Waals surface area contributed by atoms with Crippen molar-refractivity contribution in [1.29, 1.82) is 0 Å². The summed E-state index contributed by atoms with van der Waals surface area (Å²) in [7, 11) is -1.64. The highest BCUT2D eigenvalue weighted by Crippen LogP contribution is 2.22. The maximum Gasteiger partial charge on any atom is 0.253 e. The number of benzene rings is 1. The van der Waals surface area contributed by atoms with E-state index in [1.807, 2.05) is 11.9 Å². The lowest BCUT2D eigenvalue weighted by Gasteiger charge is -2.32. The molecule has 1 heterocycles. The third-order valence-electron chi connectivity index (χ3n) is 4.49. The lowest BCUT2D eigenvalue weighted by atomic mass is 9.93. The molecule has 0 bridgehead atoms. The van der Waals surface area contributed by atoms with Crippen molar-refractivity contribution in [2.24, 2.45) is 5.92 Å². The number of sulfonamides is 1. The van der Waals surface area contributed by atoms with Gasteiger partial charge in [-0.25, -0.2) is 13.1 Å². The zero-order chi connectivity index (χ0) is 18.4. The molecule has 0 unspecified atom stereocenters. The van der Waals surface area contributed by atoms with Crippen molar-refractivity contribution < 1.29 is 13.2 Å². The SMILES string of the molecule is CNCCC1CCN(C(=O)c2cccc(S(=O)(=O)NC(C)C)c2)CC1.Cl. The van der Waals surface area contributed by atoms with Crippen LogP contribution in [0.1, 0.15) is 43.5 Å². The van der Waals surface area contributed by atoms with E-state index in [4.69, 9.17) is 0 Å². The molecule has 1 aliphatic heterocycles. The van der Waals surface area contributed by atoms with E-state index in [0.29, 0.717) is 11.5 Å². The van der Waals surface area contributed by atoms with Gasteiger partial charge in [-0.3, -0.25) is 4.79 Å². The van der Waals surface area contributed by atoms with E-state index in [1.54, 1.807) is 26.0 Å². The Kier molecular flexibility index (Phi) is 9.03. The van der Waals surface area contributed by atoms with Gasteiger partial charge in [0, 0.05) is 24.7 Å². The first-order valence-corrected chi connectivity index (χ1v) is 10.4. The van der Waals surface area contributed by atoms with Crippen LogP contribution >= 0.6 is 12.4 Å². The Morgan fingerprint density at radius 1 is 1.27 bits per heavy atom. The first-order valence-electron chi connectivity index (χ1n) is 8.89. The number of nitrogens with zero attached hydrogens (tertiary/aromatic N) is 1. The molecule has 1 amide bonds. The van der Waals surface area contributed by atoms with Gasteiger partial charge in [-0.1, -0.05) is 6.07 Å². The summed E-state index contributed by atoms with van der Waals surface area (Å²) in [6.07, 6.45) is 3.13. The van der Waals surface area contributed by atoms with E-state index in [2.05, 4.69) is 10.0 Å². The van der Waals surface area contributed by atoms with Crippen molar-refractivity contribution in [3.05, 3.63) is 29.8 Å². The summed E-state index contributed by atoms with van der Waals surface area (Å²) in [5.74, 6) is 0.562. The van der Waals surface area contributed by atoms with Crippen molar-refractivity contribution in [1.82, 2.24) is 14.9 Å². The topological polar surface area (TPSA) is 78.5 Å². The van der Waals surface area contributed by atoms with Gasteiger partial charge < -0.3 is 10.2 Å². The Balaban J connectivity index is 0.00000338. The molecule has 1 aliphatic rings. The highest BCUT2D eigenvalue weighted by atomic mass is 35.5. The summed E-state index contributed by atoms with van der Waals surface area (Å²) < 4.78 is 27.1. The second-order valence-electron chi connectivity index (χ2n) is 6.93. The molecule has 0 aliphatic carbocycles. The van der Waals surface area contributed by atoms with Crippen molar-refractivity contribution in [2.45, 2.75) is 44.0 Å². The fraction of sp³-hybridized carbons (Fsp3) is 0.611. The molecule has 148 valence electrons. The standard InChI is InChI=1S/C18H29N3O3S.ClH/c1-14(2)20-25(23,24)17-6-4-5-16(13-17)18(22)21-11-8-15(9-12-21)7-10-19-3;/h4-6,13-15,19-20H,7-12H2,1-3H3;1H. The first-order chi connectivity index (χ1) is 11.8. The van der Waals surface area contributed by atoms with Gasteiger partial charge in [0.05, 0.1) is 4.90 Å². The second kappa shape index (κ2) is 10.3. The quantitative estimate of drug-likeness (QED) is 0.731. The first kappa shape index (κ1) is 22.9. The number of hydrogen-bond donors (Lipinski definition) is 2. The molecule has 8 heteroatoms. The number of likely N-dealkylation sites (tertiary alicyclic amines) is 1. The van der Waals surface area contributed by atoms with Crippen LogP contribution in [0.2, 0.25) is 0 Å². The van der Waals surface area contributed by atoms with Crippen LogP contribution in [0.3, 0.4) is 0 Å². The van der Waals surface area contributed by atoms with E-state index in [-0.39, 0.29) is 29.3 Å². The Morgan fingerprint density at radius 3 is 2.50 bits per heavy atom. The maximum atomic E-state index is 12.7. The van der Waals surface area contributed by atoms with Crippen molar-refractivity contribution in [3.8, 4) is 0 Å². The molecule has 1 aromatic rings. The summed E-state index contributed by atoms with van der Waals surface area (Å²) >= 11 is 0. The molecular weight excluding hydrogens is 374 g/mol. The van der Waals surface area contributed by atoms with E-state index >= 15 is 0 Å². The van der Waals surface area contributed by atoms with Crippen LogP contribution in [0, 0.1) is 5.92 Å². The smallest absolute Gasteiger partial charge is 0.253 e. The average Bonchev–Trinajstić information content (AvgIpc) is 2.59. The van der Waals surface area contributed by atoms with Gasteiger partial charge in [0.15, 0.2) is 0 Å². The van der Waals surface area contributed by atoms with Crippen molar-refractivity contribution in [2.75, 3.05) is 26.7 Å². The van der Waals surface area contributed by atoms with Crippen molar-refractivity contribution in [3.63, 3.8) is 0 Å². The number of nitrogens with one attached hydrogen (secondary N) is 2. The highest BCUT2D eigenvalue weighted by molar-refractivity contribution is 7.89. The molecule has 26 heavy (non-hydrogen) atoms. The lowest BCUT2D eigenvalue weighted by Crippen LogP contribution is -2.39. The Morgan fingerprint density at radius 2 is 1.92 bits per heavy atom. The monoisotopic (exact) mass is 403 g/mol. The lowest BCUT2D eigenvalue weighted by molar-refractivity contribution is 0.0687. The fourth-order valence-corrected chi connectivity index (χ4v) is 4.43. The predicted octanol–water partition coefficient (Wildman–Crippen LogP) is 2.26. The molecule has 0 radical (unpaired) electrons. The second-order valence-corrected chi connectivity index (χ2v) is 8.65. The average molecular weight is 404 g/mol. The zero-order valence-electron chi connectivity index (χ0n) is 15.7. The molecule has 0 aromatic heterocycles. The van der Waals surface area contributed by atoms with Gasteiger partial charge in [0.2, 0.25) is 10.0 Å². The van der Waals surface area contributed by atoms with E-state index in [0.717, 1.165) is 38.9 Å². The number of piperidine rings is 1. The molecular formula is C18H30ClN3O3S. The zero-order valence-corrected chi connectivity index (χ0v) is 17.3. The maximum absolute atomic E-state index is 12.7. The number of halogens is 1. The summed E-state index contributed by atoms with van der Waals surface area (Å²) in [5.41, 5.74) is 0.431. The van der Waals surface area contributed by atoms with E-state index < -0.39 is 10.0 Å². The van der Waals surface area contributed by atoms with Crippen LogP contribution in [0.25, 0.3) is 0 Å². The molecule has 0 saturated carbocycles. The van der Waals surface area contributed by atoms with Crippen LogP contribution in [0.4, 0.5) is 0 Å². The van der Waals surface area contributed by atoms with Crippen LogP contribution < -0.4 is 10.0 Å². The summed E-state index contributed by atoms with van der Waals surface area (Å²) in [4.78, 5) is 14.7. The highest BCUT2D eigenvalue weighted by Gasteiger charge is 2.24. The summed E-state index contributed by atoms with van der Waals surface area (Å²) in [6, 6.07) is 6.11. The van der Waals surface area contributed by atoms with Crippen LogP contribution in [0.15, 0.2) is 29.2 Å². The van der Waals surface area contributed by atoms with Gasteiger partial charge in [-0.2, -0.15) is 0 Å². The summed E-state index contributed by atoms with van der Waals surface area (Å²) in [6.45, 7) is 6.00.